The van der Waals surface area contributed by atoms with Gasteiger partial charge in [0.25, 0.3) is 0 Å². The van der Waals surface area contributed by atoms with Crippen molar-refractivity contribution >= 4 is 11.3 Å². The average Bonchev–Trinajstić information content (AvgIpc) is 2.37. The van der Waals surface area contributed by atoms with E-state index in [9.17, 15) is 0 Å². The highest BCUT2D eigenvalue weighted by Gasteiger charge is 2.00. The minimum Gasteiger partial charge on any atom is -0.376 e. The molecule has 0 spiro atoms. The molecular weight excluding hydrogens is 132 g/mol. The summed E-state index contributed by atoms with van der Waals surface area (Å²) in [6.07, 6.45) is 4.24. The maximum atomic E-state index is 8.99. The van der Waals surface area contributed by atoms with Gasteiger partial charge in [0.2, 0.25) is 0 Å². The lowest BCUT2D eigenvalue weighted by Crippen LogP contribution is -1.88. The van der Waals surface area contributed by atoms with E-state index in [-0.39, 0.29) is 0 Å². The zero-order chi connectivity index (χ0) is 6.69. The van der Waals surface area contributed by atoms with Crippen LogP contribution >= 0.6 is 11.3 Å². The Balaban J connectivity index is 2.80. The van der Waals surface area contributed by atoms with Gasteiger partial charge in [-0.2, -0.15) is 11.3 Å². The maximum absolute atomic E-state index is 8.99. The molecular formula is C7H6OS. The second-order valence-electron chi connectivity index (χ2n) is 1.63. The molecule has 1 N–H and O–H groups in total. The normalized spacial score (nSPS) is 12.4. The van der Waals surface area contributed by atoms with Crippen LogP contribution in [0.4, 0.5) is 0 Å². The van der Waals surface area contributed by atoms with Gasteiger partial charge in [-0.25, -0.2) is 0 Å². The number of aliphatic hydroxyl groups excluding tert-OH is 1. The summed E-state index contributed by atoms with van der Waals surface area (Å²) in [5.74, 6) is 2.23. The third-order valence-corrected chi connectivity index (χ3v) is 1.72. The van der Waals surface area contributed by atoms with E-state index in [1.54, 1.807) is 0 Å². The Kier molecular flexibility index (Phi) is 1.88. The fourth-order valence-corrected chi connectivity index (χ4v) is 1.21. The molecule has 0 aliphatic rings. The van der Waals surface area contributed by atoms with Gasteiger partial charge in [-0.05, 0) is 16.8 Å². The van der Waals surface area contributed by atoms with Crippen molar-refractivity contribution in [3.63, 3.8) is 0 Å². The zero-order valence-corrected chi connectivity index (χ0v) is 5.56. The molecule has 0 bridgehead atoms. The Morgan fingerprint density at radius 1 is 1.78 bits per heavy atom. The molecule has 1 atom stereocenters. The van der Waals surface area contributed by atoms with Crippen LogP contribution in [-0.4, -0.2) is 5.11 Å². The fraction of sp³-hybridized carbons (Fsp3) is 0.143. The van der Waals surface area contributed by atoms with E-state index in [1.165, 1.54) is 11.3 Å². The summed E-state index contributed by atoms with van der Waals surface area (Å²) in [6, 6.07) is 1.81. The molecule has 1 unspecified atom stereocenters. The Bertz CT molecular complexity index is 207. The quantitative estimate of drug-likeness (QED) is 0.582. The van der Waals surface area contributed by atoms with Crippen molar-refractivity contribution in [3.8, 4) is 12.3 Å². The Morgan fingerprint density at radius 2 is 2.56 bits per heavy atom. The van der Waals surface area contributed by atoms with E-state index >= 15 is 0 Å². The highest BCUT2D eigenvalue weighted by Crippen LogP contribution is 2.14. The van der Waals surface area contributed by atoms with Crippen LogP contribution in [0.25, 0.3) is 0 Å². The molecule has 1 heterocycles. The van der Waals surface area contributed by atoms with Crippen molar-refractivity contribution in [1.29, 1.82) is 0 Å². The second kappa shape index (κ2) is 2.67. The standard InChI is InChI=1S/C7H6OS/c1-2-7(8)6-3-4-9-5-6/h1,3-5,7-8H. The molecule has 1 rings (SSSR count). The minimum absolute atomic E-state index is 0.726. The molecule has 0 saturated heterocycles. The fourth-order valence-electron chi connectivity index (χ4n) is 0.527. The van der Waals surface area contributed by atoms with E-state index in [0.29, 0.717) is 0 Å². The first-order chi connectivity index (χ1) is 4.34. The molecule has 0 saturated carbocycles. The van der Waals surface area contributed by atoms with E-state index < -0.39 is 6.10 Å². The highest BCUT2D eigenvalue weighted by atomic mass is 32.1. The van der Waals surface area contributed by atoms with Crippen LogP contribution in [0.15, 0.2) is 16.8 Å². The maximum Gasteiger partial charge on any atom is 0.140 e. The lowest BCUT2D eigenvalue weighted by atomic mass is 10.2. The van der Waals surface area contributed by atoms with Gasteiger partial charge in [0.1, 0.15) is 6.10 Å². The average molecular weight is 138 g/mol. The summed E-state index contributed by atoms with van der Waals surface area (Å²) >= 11 is 1.53. The van der Waals surface area contributed by atoms with Crippen LogP contribution in [0.1, 0.15) is 11.7 Å². The first kappa shape index (κ1) is 6.34. The van der Waals surface area contributed by atoms with E-state index in [4.69, 9.17) is 11.5 Å². The van der Waals surface area contributed by atoms with Crippen LogP contribution in [0.2, 0.25) is 0 Å². The SMILES string of the molecule is C#CC(O)c1ccsc1. The smallest absolute Gasteiger partial charge is 0.140 e. The topological polar surface area (TPSA) is 20.2 Å². The van der Waals surface area contributed by atoms with Gasteiger partial charge < -0.3 is 5.11 Å². The molecule has 2 heteroatoms. The van der Waals surface area contributed by atoms with Gasteiger partial charge in [-0.15, -0.1) is 6.42 Å². The zero-order valence-electron chi connectivity index (χ0n) is 4.74. The van der Waals surface area contributed by atoms with Crippen molar-refractivity contribution < 1.29 is 5.11 Å². The molecule has 9 heavy (non-hydrogen) atoms. The summed E-state index contributed by atoms with van der Waals surface area (Å²) < 4.78 is 0. The molecule has 0 aromatic carbocycles. The summed E-state index contributed by atoms with van der Waals surface area (Å²) in [6.45, 7) is 0. The Hall–Kier alpha value is -0.780. The molecule has 0 aliphatic carbocycles. The van der Waals surface area contributed by atoms with Crippen molar-refractivity contribution in [2.24, 2.45) is 0 Å². The molecule has 0 fully saturated rings. The summed E-state index contributed by atoms with van der Waals surface area (Å²) in [7, 11) is 0. The van der Waals surface area contributed by atoms with Crippen molar-refractivity contribution in [1.82, 2.24) is 0 Å². The molecule has 1 aromatic rings. The van der Waals surface area contributed by atoms with Gasteiger partial charge in [-0.1, -0.05) is 5.92 Å². The Labute approximate surface area is 58.0 Å². The Morgan fingerprint density at radius 3 is 3.00 bits per heavy atom. The van der Waals surface area contributed by atoms with Crippen LogP contribution in [-0.2, 0) is 0 Å². The highest BCUT2D eigenvalue weighted by molar-refractivity contribution is 7.07. The molecule has 0 amide bonds. The first-order valence-electron chi connectivity index (χ1n) is 2.51. The van der Waals surface area contributed by atoms with Gasteiger partial charge in [0, 0.05) is 5.56 Å². The minimum atomic E-state index is -0.726. The monoisotopic (exact) mass is 138 g/mol. The number of aliphatic hydroxyl groups is 1. The van der Waals surface area contributed by atoms with Crippen LogP contribution in [0.5, 0.6) is 0 Å². The van der Waals surface area contributed by atoms with E-state index in [2.05, 4.69) is 5.92 Å². The third kappa shape index (κ3) is 1.32. The summed E-state index contributed by atoms with van der Waals surface area (Å²) in [5, 5.41) is 12.7. The second-order valence-corrected chi connectivity index (χ2v) is 2.41. The number of thiophene rings is 1. The number of hydrogen-bond donors (Lipinski definition) is 1. The number of terminal acetylenes is 1. The van der Waals surface area contributed by atoms with Crippen molar-refractivity contribution in [2.45, 2.75) is 6.10 Å². The van der Waals surface area contributed by atoms with Crippen LogP contribution in [0, 0.1) is 12.3 Å². The van der Waals surface area contributed by atoms with Crippen LogP contribution in [0.3, 0.4) is 0 Å². The summed E-state index contributed by atoms with van der Waals surface area (Å²) in [5.41, 5.74) is 0.808. The summed E-state index contributed by atoms with van der Waals surface area (Å²) in [4.78, 5) is 0. The molecule has 46 valence electrons. The van der Waals surface area contributed by atoms with Crippen molar-refractivity contribution in [3.05, 3.63) is 22.4 Å². The number of rotatable bonds is 1. The van der Waals surface area contributed by atoms with Crippen molar-refractivity contribution in [2.75, 3.05) is 0 Å². The van der Waals surface area contributed by atoms with Gasteiger partial charge in [-0.3, -0.25) is 0 Å². The molecule has 1 nitrogen and oxygen atoms in total. The third-order valence-electron chi connectivity index (χ3n) is 1.02. The lowest BCUT2D eigenvalue weighted by Gasteiger charge is -1.95. The predicted octanol–water partition coefficient (Wildman–Crippen LogP) is 1.41. The molecule has 1 aromatic heterocycles. The van der Waals surface area contributed by atoms with E-state index in [1.807, 2.05) is 16.8 Å². The first-order valence-corrected chi connectivity index (χ1v) is 3.45. The van der Waals surface area contributed by atoms with Gasteiger partial charge in [0.05, 0.1) is 0 Å². The lowest BCUT2D eigenvalue weighted by molar-refractivity contribution is 0.239. The van der Waals surface area contributed by atoms with Gasteiger partial charge >= 0.3 is 0 Å². The van der Waals surface area contributed by atoms with E-state index in [0.717, 1.165) is 5.56 Å². The van der Waals surface area contributed by atoms with Gasteiger partial charge in [0.15, 0.2) is 0 Å². The number of hydrogen-bond acceptors (Lipinski definition) is 2. The largest absolute Gasteiger partial charge is 0.376 e. The predicted molar refractivity (Wildman–Crippen MR) is 38.1 cm³/mol. The molecule has 0 aliphatic heterocycles. The molecule has 0 radical (unpaired) electrons. The van der Waals surface area contributed by atoms with Crippen LogP contribution < -0.4 is 0 Å².